The molecular weight excluding hydrogens is 405 g/mol. The Morgan fingerprint density at radius 3 is 2.61 bits per heavy atom. The Morgan fingerprint density at radius 2 is 2.00 bits per heavy atom. The number of nitrogens with zero attached hydrogens (tertiary/aromatic N) is 3. The van der Waals surface area contributed by atoms with Crippen molar-refractivity contribution in [3.8, 4) is 0 Å². The number of carbonyl (C=O) groups is 1. The van der Waals surface area contributed by atoms with E-state index in [0.717, 1.165) is 12.8 Å². The monoisotopic (exact) mass is 433 g/mol. The van der Waals surface area contributed by atoms with Crippen molar-refractivity contribution in [1.29, 1.82) is 0 Å². The zero-order chi connectivity index (χ0) is 22.6. The maximum atomic E-state index is 15.3. The van der Waals surface area contributed by atoms with Crippen LogP contribution >= 0.6 is 0 Å². The molecule has 0 radical (unpaired) electrons. The van der Waals surface area contributed by atoms with Crippen molar-refractivity contribution < 1.29 is 9.18 Å². The summed E-state index contributed by atoms with van der Waals surface area (Å²) in [7, 11) is 0. The van der Waals surface area contributed by atoms with Gasteiger partial charge in [-0.3, -0.25) is 9.36 Å². The maximum Gasteiger partial charge on any atom is 0.350 e. The molecule has 2 aliphatic rings. The van der Waals surface area contributed by atoms with Gasteiger partial charge in [0.25, 0.3) is 5.56 Å². The first kappa shape index (κ1) is 21.2. The van der Waals surface area contributed by atoms with E-state index in [1.807, 2.05) is 11.8 Å². The number of aromatic nitrogens is 2. The van der Waals surface area contributed by atoms with Gasteiger partial charge in [0.15, 0.2) is 0 Å². The molecule has 168 valence electrons. The van der Waals surface area contributed by atoms with E-state index in [1.165, 1.54) is 10.6 Å². The minimum atomic E-state index is -0.710. The van der Waals surface area contributed by atoms with Crippen molar-refractivity contribution in [1.82, 2.24) is 14.6 Å². The number of halogens is 1. The van der Waals surface area contributed by atoms with Gasteiger partial charge in [0.2, 0.25) is 0 Å². The molecule has 1 saturated heterocycles. The second-order valence-electron chi connectivity index (χ2n) is 8.74. The molecule has 2 heterocycles. The van der Waals surface area contributed by atoms with E-state index in [1.54, 1.807) is 6.92 Å². The fourth-order valence-electron chi connectivity index (χ4n) is 4.82. The van der Waals surface area contributed by atoms with Crippen molar-refractivity contribution in [3.05, 3.63) is 38.3 Å². The molecule has 0 spiro atoms. The molecule has 2 aromatic rings. The lowest BCUT2D eigenvalue weighted by Crippen LogP contribution is -2.46. The molecule has 3 atom stereocenters. The fourth-order valence-corrected chi connectivity index (χ4v) is 4.82. The average Bonchev–Trinajstić information content (AvgIpc) is 3.47. The molecule has 0 bridgehead atoms. The summed E-state index contributed by atoms with van der Waals surface area (Å²) in [6.45, 7) is 5.02. The number of nitrogens with one attached hydrogen (secondary N) is 1. The van der Waals surface area contributed by atoms with E-state index in [9.17, 15) is 14.4 Å². The second-order valence-corrected chi connectivity index (χ2v) is 8.74. The second kappa shape index (κ2) is 7.56. The van der Waals surface area contributed by atoms with Crippen molar-refractivity contribution in [2.45, 2.75) is 38.8 Å². The summed E-state index contributed by atoms with van der Waals surface area (Å²) in [5.74, 6) is 5.28. The van der Waals surface area contributed by atoms with Crippen LogP contribution in [0.25, 0.3) is 10.9 Å². The largest absolute Gasteiger partial charge is 0.368 e. The Hall–Kier alpha value is -3.08. The van der Waals surface area contributed by atoms with E-state index in [-0.39, 0.29) is 35.9 Å². The number of anilines is 1. The van der Waals surface area contributed by atoms with Crippen molar-refractivity contribution >= 4 is 22.6 Å². The molecule has 7 N–H and O–H groups in total. The Morgan fingerprint density at radius 1 is 1.32 bits per heavy atom. The van der Waals surface area contributed by atoms with Gasteiger partial charge in [-0.2, -0.15) is 4.68 Å². The Kier molecular flexibility index (Phi) is 5.16. The minimum absolute atomic E-state index is 0.00372. The third-order valence-corrected chi connectivity index (χ3v) is 6.53. The lowest BCUT2D eigenvalue weighted by Gasteiger charge is -2.25. The van der Waals surface area contributed by atoms with Gasteiger partial charge in [0.05, 0.1) is 16.6 Å². The van der Waals surface area contributed by atoms with Crippen LogP contribution in [-0.2, 0) is 0 Å². The number of fused-ring (bicyclic) bond motifs is 1. The molecule has 1 aromatic heterocycles. The molecule has 10 nitrogen and oxygen atoms in total. The van der Waals surface area contributed by atoms with Crippen molar-refractivity contribution in [3.63, 3.8) is 0 Å². The number of nitrogens with two attached hydrogens (primary N) is 3. The van der Waals surface area contributed by atoms with Crippen LogP contribution in [0.4, 0.5) is 14.9 Å². The van der Waals surface area contributed by atoms with Crippen molar-refractivity contribution in [2.75, 3.05) is 30.4 Å². The Bertz CT molecular complexity index is 1170. The average molecular weight is 433 g/mol. The summed E-state index contributed by atoms with van der Waals surface area (Å²) in [6, 6.07) is 0.151. The predicted octanol–water partition coefficient (Wildman–Crippen LogP) is -0.273. The highest BCUT2D eigenvalue weighted by molar-refractivity contribution is 5.87. The Balaban J connectivity index is 1.78. The molecule has 31 heavy (non-hydrogen) atoms. The zero-order valence-corrected chi connectivity index (χ0v) is 17.6. The molecule has 1 unspecified atom stereocenters. The number of benzene rings is 1. The number of carbonyl (C=O) groups excluding carboxylic acids is 1. The topological polar surface area (TPSA) is 154 Å². The normalized spacial score (nSPS) is 22.1. The smallest absolute Gasteiger partial charge is 0.350 e. The highest BCUT2D eigenvalue weighted by Crippen LogP contribution is 2.40. The molecule has 1 aliphatic carbocycles. The summed E-state index contributed by atoms with van der Waals surface area (Å²) >= 11 is 0. The predicted molar refractivity (Wildman–Crippen MR) is 116 cm³/mol. The third-order valence-electron chi connectivity index (χ3n) is 6.53. The summed E-state index contributed by atoms with van der Waals surface area (Å²) < 4.78 is 17.4. The number of amides is 2. The van der Waals surface area contributed by atoms with Gasteiger partial charge < -0.3 is 27.5 Å². The minimum Gasteiger partial charge on any atom is -0.368 e. The quantitative estimate of drug-likeness (QED) is 0.476. The van der Waals surface area contributed by atoms with Crippen LogP contribution in [-0.4, -0.2) is 41.0 Å². The maximum absolute atomic E-state index is 15.3. The summed E-state index contributed by atoms with van der Waals surface area (Å²) in [5, 5.41) is 2.62. The van der Waals surface area contributed by atoms with E-state index < -0.39 is 23.1 Å². The van der Waals surface area contributed by atoms with Gasteiger partial charge in [-0.1, -0.05) is 6.92 Å². The number of aryl methyl sites for hydroxylation is 1. The first-order chi connectivity index (χ1) is 14.6. The van der Waals surface area contributed by atoms with Crippen LogP contribution in [0, 0.1) is 24.6 Å². The standard InChI is InChI=1S/C20H28FN7O3/c1-9-7-26(8-13(9)15(22)6-25-19(23)30)17-10(2)16-12(5-14(17)21)18(29)28(24)20(31)27(16)11-3-4-11/h5,9,11,13,15H,3-4,6-8,22,24H2,1-2H3,(H3,23,25,30)/t9-,13+,15?/m1/s1. The number of hydrogen-bond acceptors (Lipinski definition) is 6. The first-order valence-corrected chi connectivity index (χ1v) is 10.4. The van der Waals surface area contributed by atoms with Gasteiger partial charge >= 0.3 is 11.7 Å². The molecule has 2 fully saturated rings. The lowest BCUT2D eigenvalue weighted by atomic mass is 9.91. The number of urea groups is 1. The molecule has 11 heteroatoms. The Labute approximate surface area is 177 Å². The van der Waals surface area contributed by atoms with Crippen LogP contribution in [0.5, 0.6) is 0 Å². The molecule has 2 amide bonds. The first-order valence-electron chi connectivity index (χ1n) is 10.4. The van der Waals surface area contributed by atoms with Crippen LogP contribution in [0.2, 0.25) is 0 Å². The molecule has 1 aliphatic heterocycles. The zero-order valence-electron chi connectivity index (χ0n) is 17.6. The van der Waals surface area contributed by atoms with Crippen LogP contribution in [0.1, 0.15) is 31.4 Å². The number of nitrogen functional groups attached to an aromatic ring is 1. The van der Waals surface area contributed by atoms with Gasteiger partial charge in [-0.25, -0.2) is 14.0 Å². The third kappa shape index (κ3) is 3.52. The molecular formula is C20H28FN7O3. The van der Waals surface area contributed by atoms with Gasteiger partial charge in [-0.15, -0.1) is 0 Å². The summed E-state index contributed by atoms with van der Waals surface area (Å²) in [5.41, 5.74) is 11.4. The highest BCUT2D eigenvalue weighted by Gasteiger charge is 2.37. The van der Waals surface area contributed by atoms with E-state index in [0.29, 0.717) is 34.5 Å². The number of hydrogen-bond donors (Lipinski definition) is 4. The summed E-state index contributed by atoms with van der Waals surface area (Å²) in [6.07, 6.45) is 1.62. The fraction of sp³-hybridized carbons (Fsp3) is 0.550. The highest BCUT2D eigenvalue weighted by atomic mass is 19.1. The van der Waals surface area contributed by atoms with Gasteiger partial charge in [-0.05, 0) is 37.7 Å². The van der Waals surface area contributed by atoms with E-state index in [4.69, 9.17) is 17.3 Å². The van der Waals surface area contributed by atoms with E-state index in [2.05, 4.69) is 5.32 Å². The van der Waals surface area contributed by atoms with Gasteiger partial charge in [0, 0.05) is 37.3 Å². The number of rotatable bonds is 5. The molecule has 4 rings (SSSR count). The van der Waals surface area contributed by atoms with Crippen LogP contribution in [0.15, 0.2) is 15.7 Å². The van der Waals surface area contributed by atoms with Crippen LogP contribution in [0.3, 0.4) is 0 Å². The molecule has 1 aromatic carbocycles. The van der Waals surface area contributed by atoms with Gasteiger partial charge in [0.1, 0.15) is 5.82 Å². The lowest BCUT2D eigenvalue weighted by molar-refractivity contribution is 0.246. The molecule has 1 saturated carbocycles. The number of primary amides is 1. The van der Waals surface area contributed by atoms with E-state index >= 15 is 4.39 Å². The SMILES string of the molecule is Cc1c(N2C[C@@H](C)[C@@H](C(N)CNC(N)=O)C2)c(F)cc2c(=O)n(N)c(=O)n(C3CC3)c12. The summed E-state index contributed by atoms with van der Waals surface area (Å²) in [4.78, 5) is 38.2. The van der Waals surface area contributed by atoms with Crippen LogP contribution < -0.4 is 38.8 Å². The van der Waals surface area contributed by atoms with Crippen molar-refractivity contribution in [2.24, 2.45) is 23.3 Å².